The van der Waals surface area contributed by atoms with Gasteiger partial charge in [0.1, 0.15) is 5.82 Å². The zero-order chi connectivity index (χ0) is 10.4. The molecule has 1 N–H and O–H groups in total. The maximum Gasteiger partial charge on any atom is 0.123 e. The summed E-state index contributed by atoms with van der Waals surface area (Å²) in [5.41, 5.74) is 2.29. The molecule has 0 saturated carbocycles. The summed E-state index contributed by atoms with van der Waals surface area (Å²) in [6.07, 6.45) is 1.80. The quantitative estimate of drug-likeness (QED) is 0.708. The largest absolute Gasteiger partial charge is 0.319 e. The van der Waals surface area contributed by atoms with Crippen molar-refractivity contribution >= 4 is 0 Å². The molecule has 0 amide bonds. The molecule has 14 heavy (non-hydrogen) atoms. The number of benzene rings is 1. The molecule has 2 heteroatoms. The summed E-state index contributed by atoms with van der Waals surface area (Å²) in [5.74, 6) is -0.186. The molecule has 1 aromatic rings. The average molecular weight is 193 g/mol. The van der Waals surface area contributed by atoms with Gasteiger partial charge >= 0.3 is 0 Å². The lowest BCUT2D eigenvalue weighted by Gasteiger charge is -2.05. The Bertz CT molecular complexity index is 290. The smallest absolute Gasteiger partial charge is 0.123 e. The summed E-state index contributed by atoms with van der Waals surface area (Å²) in [5, 5.41) is 3.07. The van der Waals surface area contributed by atoms with Gasteiger partial charge in [0.2, 0.25) is 0 Å². The molecule has 0 aliphatic carbocycles. The van der Waals surface area contributed by atoms with Gasteiger partial charge in [-0.05, 0) is 44.1 Å². The Hall–Kier alpha value is -1.15. The van der Waals surface area contributed by atoms with E-state index in [1.807, 2.05) is 7.05 Å². The molecular weight excluding hydrogens is 177 g/mol. The third-order valence-corrected chi connectivity index (χ3v) is 2.10. The molecule has 0 aliphatic rings. The Balaban J connectivity index is 2.44. The van der Waals surface area contributed by atoms with Gasteiger partial charge in [-0.25, -0.2) is 4.39 Å². The SMILES string of the molecule is C=C(CCNC)Cc1ccc(F)cc1. The van der Waals surface area contributed by atoms with Crippen LogP contribution in [-0.4, -0.2) is 13.6 Å². The summed E-state index contributed by atoms with van der Waals surface area (Å²) in [7, 11) is 1.92. The van der Waals surface area contributed by atoms with Gasteiger partial charge in [-0.2, -0.15) is 0 Å². The molecule has 0 aliphatic heterocycles. The predicted octanol–water partition coefficient (Wildman–Crippen LogP) is 2.53. The minimum atomic E-state index is -0.186. The molecule has 0 radical (unpaired) electrons. The van der Waals surface area contributed by atoms with Gasteiger partial charge < -0.3 is 5.32 Å². The lowest BCUT2D eigenvalue weighted by molar-refractivity contribution is 0.627. The van der Waals surface area contributed by atoms with Gasteiger partial charge in [0.05, 0.1) is 0 Å². The third kappa shape index (κ3) is 3.71. The number of nitrogens with one attached hydrogen (secondary N) is 1. The molecule has 0 heterocycles. The number of hydrogen-bond donors (Lipinski definition) is 1. The van der Waals surface area contributed by atoms with Crippen molar-refractivity contribution in [3.63, 3.8) is 0 Å². The zero-order valence-electron chi connectivity index (χ0n) is 8.52. The molecule has 76 valence electrons. The highest BCUT2D eigenvalue weighted by Gasteiger charge is 1.97. The van der Waals surface area contributed by atoms with Crippen molar-refractivity contribution in [1.29, 1.82) is 0 Å². The maximum atomic E-state index is 12.6. The van der Waals surface area contributed by atoms with Crippen LogP contribution < -0.4 is 5.32 Å². The Morgan fingerprint density at radius 3 is 2.57 bits per heavy atom. The van der Waals surface area contributed by atoms with E-state index in [9.17, 15) is 4.39 Å². The lowest BCUT2D eigenvalue weighted by atomic mass is 10.0. The van der Waals surface area contributed by atoms with Crippen LogP contribution in [0.25, 0.3) is 0 Å². The maximum absolute atomic E-state index is 12.6. The van der Waals surface area contributed by atoms with E-state index >= 15 is 0 Å². The van der Waals surface area contributed by atoms with E-state index in [4.69, 9.17) is 0 Å². The van der Waals surface area contributed by atoms with E-state index in [-0.39, 0.29) is 5.82 Å². The van der Waals surface area contributed by atoms with Crippen molar-refractivity contribution in [1.82, 2.24) is 5.32 Å². The van der Waals surface area contributed by atoms with Crippen LogP contribution in [0.15, 0.2) is 36.4 Å². The second kappa shape index (κ2) is 5.55. The van der Waals surface area contributed by atoms with Crippen molar-refractivity contribution in [2.75, 3.05) is 13.6 Å². The first-order valence-corrected chi connectivity index (χ1v) is 4.78. The topological polar surface area (TPSA) is 12.0 Å². The summed E-state index contributed by atoms with van der Waals surface area (Å²) in [4.78, 5) is 0. The summed E-state index contributed by atoms with van der Waals surface area (Å²) < 4.78 is 12.6. The van der Waals surface area contributed by atoms with Gasteiger partial charge in [-0.1, -0.05) is 24.3 Å². The first-order valence-electron chi connectivity index (χ1n) is 4.78. The predicted molar refractivity (Wildman–Crippen MR) is 57.8 cm³/mol. The van der Waals surface area contributed by atoms with Gasteiger partial charge in [-0.3, -0.25) is 0 Å². The number of halogens is 1. The van der Waals surface area contributed by atoms with Crippen molar-refractivity contribution < 1.29 is 4.39 Å². The molecule has 0 spiro atoms. The van der Waals surface area contributed by atoms with Gasteiger partial charge in [-0.15, -0.1) is 0 Å². The summed E-state index contributed by atoms with van der Waals surface area (Å²) in [6.45, 7) is 4.92. The second-order valence-electron chi connectivity index (χ2n) is 3.41. The minimum absolute atomic E-state index is 0.186. The molecule has 0 fully saturated rings. The Morgan fingerprint density at radius 1 is 1.36 bits per heavy atom. The lowest BCUT2D eigenvalue weighted by Crippen LogP contribution is -2.08. The molecule has 0 bridgehead atoms. The molecule has 1 nitrogen and oxygen atoms in total. The molecule has 0 aromatic heterocycles. The summed E-state index contributed by atoms with van der Waals surface area (Å²) in [6, 6.07) is 6.58. The first-order chi connectivity index (χ1) is 6.72. The third-order valence-electron chi connectivity index (χ3n) is 2.10. The van der Waals surface area contributed by atoms with Gasteiger partial charge in [0, 0.05) is 0 Å². The molecule has 0 atom stereocenters. The summed E-state index contributed by atoms with van der Waals surface area (Å²) >= 11 is 0. The highest BCUT2D eigenvalue weighted by molar-refractivity contribution is 5.21. The zero-order valence-corrected chi connectivity index (χ0v) is 8.52. The molecular formula is C12H16FN. The van der Waals surface area contributed by atoms with E-state index in [2.05, 4.69) is 11.9 Å². The highest BCUT2D eigenvalue weighted by Crippen LogP contribution is 2.09. The fourth-order valence-electron chi connectivity index (χ4n) is 1.28. The van der Waals surface area contributed by atoms with Crippen molar-refractivity contribution in [3.8, 4) is 0 Å². The van der Waals surface area contributed by atoms with Crippen LogP contribution in [-0.2, 0) is 6.42 Å². The monoisotopic (exact) mass is 193 g/mol. The van der Waals surface area contributed by atoms with Crippen molar-refractivity contribution in [2.24, 2.45) is 0 Å². The molecule has 0 saturated heterocycles. The molecule has 1 rings (SSSR count). The van der Waals surface area contributed by atoms with E-state index in [1.54, 1.807) is 12.1 Å². The standard InChI is InChI=1S/C12H16FN/c1-10(7-8-14-2)9-11-3-5-12(13)6-4-11/h3-6,14H,1,7-9H2,2H3. The van der Waals surface area contributed by atoms with Crippen LogP contribution in [0.1, 0.15) is 12.0 Å². The van der Waals surface area contributed by atoms with Crippen LogP contribution in [0.4, 0.5) is 4.39 Å². The normalized spacial score (nSPS) is 10.1. The van der Waals surface area contributed by atoms with Crippen LogP contribution in [0.2, 0.25) is 0 Å². The van der Waals surface area contributed by atoms with Gasteiger partial charge in [0.25, 0.3) is 0 Å². The van der Waals surface area contributed by atoms with E-state index in [1.165, 1.54) is 17.7 Å². The average Bonchev–Trinajstić information content (AvgIpc) is 2.18. The van der Waals surface area contributed by atoms with E-state index in [0.29, 0.717) is 0 Å². The Morgan fingerprint density at radius 2 is 2.00 bits per heavy atom. The van der Waals surface area contributed by atoms with Crippen LogP contribution in [0, 0.1) is 5.82 Å². The Labute approximate surface area is 84.6 Å². The fraction of sp³-hybridized carbons (Fsp3) is 0.333. The van der Waals surface area contributed by atoms with Crippen molar-refractivity contribution in [2.45, 2.75) is 12.8 Å². The molecule has 1 aromatic carbocycles. The van der Waals surface area contributed by atoms with Gasteiger partial charge in [0.15, 0.2) is 0 Å². The van der Waals surface area contributed by atoms with Crippen LogP contribution in [0.5, 0.6) is 0 Å². The van der Waals surface area contributed by atoms with Crippen LogP contribution in [0.3, 0.4) is 0 Å². The van der Waals surface area contributed by atoms with Crippen LogP contribution >= 0.6 is 0 Å². The second-order valence-corrected chi connectivity index (χ2v) is 3.41. The highest BCUT2D eigenvalue weighted by atomic mass is 19.1. The number of hydrogen-bond acceptors (Lipinski definition) is 1. The molecule has 0 unspecified atom stereocenters. The fourth-order valence-corrected chi connectivity index (χ4v) is 1.28. The van der Waals surface area contributed by atoms with E-state index in [0.717, 1.165) is 24.9 Å². The number of rotatable bonds is 5. The van der Waals surface area contributed by atoms with E-state index < -0.39 is 0 Å². The minimum Gasteiger partial charge on any atom is -0.319 e. The van der Waals surface area contributed by atoms with Crippen molar-refractivity contribution in [3.05, 3.63) is 47.8 Å². The first kappa shape index (κ1) is 10.9. The Kier molecular flexibility index (Phi) is 4.33.